The maximum Gasteiger partial charge on any atom is 0.0220 e. The zero-order valence-electron chi connectivity index (χ0n) is 10.6. The lowest BCUT2D eigenvalue weighted by atomic mass is 9.91. The number of nitrogens with zero attached hydrogens (tertiary/aromatic N) is 1. The molecule has 2 saturated heterocycles. The summed E-state index contributed by atoms with van der Waals surface area (Å²) < 4.78 is 0. The summed E-state index contributed by atoms with van der Waals surface area (Å²) in [6, 6.07) is 0.733. The van der Waals surface area contributed by atoms with Gasteiger partial charge in [0.2, 0.25) is 0 Å². The Balaban J connectivity index is 1.90. The monoisotopic (exact) mass is 210 g/mol. The smallest absolute Gasteiger partial charge is 0.0220 e. The molecule has 0 aliphatic carbocycles. The minimum absolute atomic E-state index is 0.443. The van der Waals surface area contributed by atoms with Gasteiger partial charge in [0, 0.05) is 18.1 Å². The predicted octanol–water partition coefficient (Wildman–Crippen LogP) is 2.25. The average molecular weight is 210 g/mol. The highest BCUT2D eigenvalue weighted by Gasteiger charge is 2.34. The van der Waals surface area contributed by atoms with Crippen LogP contribution in [0.15, 0.2) is 0 Å². The van der Waals surface area contributed by atoms with Crippen molar-refractivity contribution in [3.8, 4) is 0 Å². The quantitative estimate of drug-likeness (QED) is 0.752. The van der Waals surface area contributed by atoms with Crippen molar-refractivity contribution in [3.05, 3.63) is 0 Å². The van der Waals surface area contributed by atoms with Gasteiger partial charge in [0.25, 0.3) is 0 Å². The molecule has 0 amide bonds. The fourth-order valence-corrected chi connectivity index (χ4v) is 3.10. The van der Waals surface area contributed by atoms with Crippen LogP contribution in [0.2, 0.25) is 0 Å². The maximum absolute atomic E-state index is 3.69. The van der Waals surface area contributed by atoms with Crippen LogP contribution in [0.5, 0.6) is 0 Å². The van der Waals surface area contributed by atoms with Crippen LogP contribution in [-0.4, -0.2) is 36.1 Å². The lowest BCUT2D eigenvalue weighted by Crippen LogP contribution is -2.51. The van der Waals surface area contributed by atoms with Gasteiger partial charge in [-0.2, -0.15) is 0 Å². The molecule has 2 rings (SSSR count). The molecule has 2 aliphatic rings. The number of likely N-dealkylation sites (tertiary alicyclic amines) is 1. The highest BCUT2D eigenvalue weighted by Crippen LogP contribution is 2.29. The Bertz CT molecular complexity index is 213. The van der Waals surface area contributed by atoms with Crippen LogP contribution < -0.4 is 5.32 Å². The third kappa shape index (κ3) is 2.54. The van der Waals surface area contributed by atoms with Gasteiger partial charge in [-0.1, -0.05) is 6.92 Å². The zero-order valence-corrected chi connectivity index (χ0v) is 10.6. The summed E-state index contributed by atoms with van der Waals surface area (Å²) in [6.45, 7) is 11.0. The van der Waals surface area contributed by atoms with E-state index < -0.39 is 0 Å². The van der Waals surface area contributed by atoms with E-state index in [0.29, 0.717) is 5.54 Å². The summed E-state index contributed by atoms with van der Waals surface area (Å²) in [4.78, 5) is 2.69. The standard InChI is InChI=1S/C13H26N2/c1-11-6-4-8-14-12(11)10-15-9-5-7-13(15,2)3/h11-12,14H,4-10H2,1-3H3. The van der Waals surface area contributed by atoms with Gasteiger partial charge in [0.1, 0.15) is 0 Å². The van der Waals surface area contributed by atoms with Crippen molar-refractivity contribution in [2.45, 2.75) is 58.0 Å². The lowest BCUT2D eigenvalue weighted by Gasteiger charge is -2.38. The summed E-state index contributed by atoms with van der Waals surface area (Å²) >= 11 is 0. The van der Waals surface area contributed by atoms with Crippen LogP contribution in [0.25, 0.3) is 0 Å². The van der Waals surface area contributed by atoms with Crippen molar-refractivity contribution in [1.29, 1.82) is 0 Å². The minimum Gasteiger partial charge on any atom is -0.312 e. The van der Waals surface area contributed by atoms with Gasteiger partial charge in [-0.15, -0.1) is 0 Å². The molecule has 2 fully saturated rings. The third-order valence-corrected chi connectivity index (χ3v) is 4.42. The van der Waals surface area contributed by atoms with Crippen LogP contribution in [-0.2, 0) is 0 Å². The molecule has 0 aromatic carbocycles. The Morgan fingerprint density at radius 1 is 1.33 bits per heavy atom. The number of nitrogens with one attached hydrogen (secondary N) is 1. The van der Waals surface area contributed by atoms with Crippen LogP contribution in [0.3, 0.4) is 0 Å². The molecule has 15 heavy (non-hydrogen) atoms. The van der Waals surface area contributed by atoms with Crippen LogP contribution in [0, 0.1) is 5.92 Å². The van der Waals surface area contributed by atoms with Gasteiger partial charge < -0.3 is 5.32 Å². The molecule has 0 aromatic heterocycles. The van der Waals surface area contributed by atoms with Crippen LogP contribution in [0.1, 0.15) is 46.5 Å². The van der Waals surface area contributed by atoms with Crippen molar-refractivity contribution in [1.82, 2.24) is 10.2 Å². The van der Waals surface area contributed by atoms with Gasteiger partial charge >= 0.3 is 0 Å². The first-order valence-electron chi connectivity index (χ1n) is 6.58. The van der Waals surface area contributed by atoms with E-state index in [1.807, 2.05) is 0 Å². The van der Waals surface area contributed by atoms with Crippen LogP contribution in [0.4, 0.5) is 0 Å². The van der Waals surface area contributed by atoms with Gasteiger partial charge in [0.15, 0.2) is 0 Å². The molecule has 2 heterocycles. The lowest BCUT2D eigenvalue weighted by molar-refractivity contribution is 0.131. The second kappa shape index (κ2) is 4.42. The Morgan fingerprint density at radius 2 is 2.13 bits per heavy atom. The SMILES string of the molecule is CC1CCCNC1CN1CCCC1(C)C. The molecule has 0 bridgehead atoms. The first-order valence-corrected chi connectivity index (χ1v) is 6.58. The number of hydrogen-bond donors (Lipinski definition) is 1. The van der Waals surface area contributed by atoms with Crippen molar-refractivity contribution in [2.75, 3.05) is 19.6 Å². The number of rotatable bonds is 2. The molecule has 0 saturated carbocycles. The van der Waals surface area contributed by atoms with Gasteiger partial charge in [-0.05, 0) is 58.5 Å². The number of piperidine rings is 1. The van der Waals surface area contributed by atoms with Crippen molar-refractivity contribution < 1.29 is 0 Å². The van der Waals surface area contributed by atoms with E-state index in [0.717, 1.165) is 12.0 Å². The Morgan fingerprint density at radius 3 is 2.73 bits per heavy atom. The molecule has 1 N–H and O–H groups in total. The summed E-state index contributed by atoms with van der Waals surface area (Å²) in [5, 5.41) is 3.69. The second-order valence-electron chi connectivity index (χ2n) is 6.04. The fourth-order valence-electron chi connectivity index (χ4n) is 3.10. The molecular formula is C13H26N2. The first kappa shape index (κ1) is 11.4. The minimum atomic E-state index is 0.443. The molecule has 2 atom stereocenters. The van der Waals surface area contributed by atoms with E-state index in [1.165, 1.54) is 45.3 Å². The molecule has 0 aromatic rings. The summed E-state index contributed by atoms with van der Waals surface area (Å²) in [5.74, 6) is 0.857. The van der Waals surface area contributed by atoms with Crippen LogP contribution >= 0.6 is 0 Å². The highest BCUT2D eigenvalue weighted by atomic mass is 15.2. The van der Waals surface area contributed by atoms with E-state index in [4.69, 9.17) is 0 Å². The average Bonchev–Trinajstić information content (AvgIpc) is 2.50. The predicted molar refractivity (Wildman–Crippen MR) is 65.1 cm³/mol. The van der Waals surface area contributed by atoms with Crippen molar-refractivity contribution in [2.24, 2.45) is 5.92 Å². The summed E-state index contributed by atoms with van der Waals surface area (Å²) in [6.07, 6.45) is 5.52. The van der Waals surface area contributed by atoms with E-state index in [2.05, 4.69) is 31.0 Å². The second-order valence-corrected chi connectivity index (χ2v) is 6.04. The van der Waals surface area contributed by atoms with E-state index in [-0.39, 0.29) is 0 Å². The van der Waals surface area contributed by atoms with Crippen molar-refractivity contribution >= 4 is 0 Å². The Hall–Kier alpha value is -0.0800. The molecule has 0 radical (unpaired) electrons. The van der Waals surface area contributed by atoms with E-state index >= 15 is 0 Å². The largest absolute Gasteiger partial charge is 0.312 e. The van der Waals surface area contributed by atoms with Crippen molar-refractivity contribution in [3.63, 3.8) is 0 Å². The Kier molecular flexibility index (Phi) is 3.36. The maximum atomic E-state index is 3.69. The Labute approximate surface area is 94.4 Å². The molecule has 2 unspecified atom stereocenters. The molecular weight excluding hydrogens is 184 g/mol. The topological polar surface area (TPSA) is 15.3 Å². The van der Waals surface area contributed by atoms with Gasteiger partial charge in [-0.25, -0.2) is 0 Å². The fraction of sp³-hybridized carbons (Fsp3) is 1.00. The number of hydrogen-bond acceptors (Lipinski definition) is 2. The van der Waals surface area contributed by atoms with E-state index in [9.17, 15) is 0 Å². The van der Waals surface area contributed by atoms with E-state index in [1.54, 1.807) is 0 Å². The summed E-state index contributed by atoms with van der Waals surface area (Å²) in [7, 11) is 0. The highest BCUT2D eigenvalue weighted by molar-refractivity contribution is 4.91. The molecule has 2 aliphatic heterocycles. The van der Waals surface area contributed by atoms with Gasteiger partial charge in [0.05, 0.1) is 0 Å². The molecule has 2 nitrogen and oxygen atoms in total. The molecule has 0 spiro atoms. The molecule has 2 heteroatoms. The van der Waals surface area contributed by atoms with Gasteiger partial charge in [-0.3, -0.25) is 4.90 Å². The first-order chi connectivity index (χ1) is 7.09. The molecule has 88 valence electrons. The normalized spacial score (nSPS) is 37.0. The zero-order chi connectivity index (χ0) is 10.9. The summed E-state index contributed by atoms with van der Waals surface area (Å²) in [5.41, 5.74) is 0.443. The third-order valence-electron chi connectivity index (χ3n) is 4.42.